The van der Waals surface area contributed by atoms with Crippen molar-refractivity contribution in [2.24, 2.45) is 0 Å². The van der Waals surface area contributed by atoms with Crippen LogP contribution >= 0.6 is 11.5 Å². The van der Waals surface area contributed by atoms with Gasteiger partial charge in [-0.1, -0.05) is 11.4 Å². The Hall–Kier alpha value is -1.27. The van der Waals surface area contributed by atoms with Crippen LogP contribution in [-0.2, 0) is 13.0 Å². The molecule has 6 heteroatoms. The molecule has 0 aromatic carbocycles. The summed E-state index contributed by atoms with van der Waals surface area (Å²) in [6.45, 7) is 8.07. The molecule has 0 fully saturated rings. The maximum atomic E-state index is 4.48. The van der Waals surface area contributed by atoms with Gasteiger partial charge in [0.25, 0.3) is 0 Å². The van der Waals surface area contributed by atoms with E-state index < -0.39 is 0 Å². The molecule has 0 aliphatic carbocycles. The van der Waals surface area contributed by atoms with Crippen LogP contribution in [0.4, 0.5) is 0 Å². The minimum absolute atomic E-state index is 0.218. The number of hydrogen-bond donors (Lipinski definition) is 1. The number of aromatic nitrogens is 4. The summed E-state index contributed by atoms with van der Waals surface area (Å²) in [5.74, 6) is 0. The third-order valence-electron chi connectivity index (χ3n) is 2.88. The van der Waals surface area contributed by atoms with Crippen molar-refractivity contribution >= 4 is 11.5 Å². The highest BCUT2D eigenvalue weighted by molar-refractivity contribution is 7.03. The lowest BCUT2D eigenvalue weighted by molar-refractivity contribution is 0.506. The molecule has 98 valence electrons. The first-order valence-electron chi connectivity index (χ1n) is 6.28. The van der Waals surface area contributed by atoms with Crippen molar-refractivity contribution in [3.63, 3.8) is 0 Å². The van der Waals surface area contributed by atoms with E-state index in [2.05, 4.69) is 44.6 Å². The first-order chi connectivity index (χ1) is 8.74. The lowest BCUT2D eigenvalue weighted by Gasteiger charge is -2.15. The predicted molar refractivity (Wildman–Crippen MR) is 72.7 cm³/mol. The van der Waals surface area contributed by atoms with Gasteiger partial charge in [0.2, 0.25) is 0 Å². The summed E-state index contributed by atoms with van der Waals surface area (Å²) in [4.78, 5) is 0. The Morgan fingerprint density at radius 1 is 1.44 bits per heavy atom. The number of nitrogens with zero attached hydrogens (tertiary/aromatic N) is 4. The van der Waals surface area contributed by atoms with Gasteiger partial charge < -0.3 is 5.32 Å². The van der Waals surface area contributed by atoms with Crippen molar-refractivity contribution in [2.45, 2.75) is 39.8 Å². The van der Waals surface area contributed by atoms with Gasteiger partial charge in [-0.15, -0.1) is 5.10 Å². The van der Waals surface area contributed by atoms with Crippen LogP contribution < -0.4 is 5.32 Å². The van der Waals surface area contributed by atoms with E-state index >= 15 is 0 Å². The van der Waals surface area contributed by atoms with Gasteiger partial charge in [0, 0.05) is 24.0 Å². The van der Waals surface area contributed by atoms with E-state index in [4.69, 9.17) is 0 Å². The summed E-state index contributed by atoms with van der Waals surface area (Å²) in [5.41, 5.74) is 3.33. The second-order valence-electron chi connectivity index (χ2n) is 4.24. The molecule has 0 spiro atoms. The second-order valence-corrected chi connectivity index (χ2v) is 4.85. The first-order valence-corrected chi connectivity index (χ1v) is 7.11. The number of hydrogen-bond acceptors (Lipinski definition) is 5. The first kappa shape index (κ1) is 13.2. The third-order valence-corrected chi connectivity index (χ3v) is 3.41. The largest absolute Gasteiger partial charge is 0.309 e. The van der Waals surface area contributed by atoms with Gasteiger partial charge in [0.15, 0.2) is 0 Å². The molecule has 0 saturated carbocycles. The zero-order chi connectivity index (χ0) is 13.0. The quantitative estimate of drug-likeness (QED) is 0.867. The van der Waals surface area contributed by atoms with Gasteiger partial charge in [-0.25, -0.2) is 0 Å². The van der Waals surface area contributed by atoms with Crippen LogP contribution in [0, 0.1) is 6.92 Å². The monoisotopic (exact) mass is 265 g/mol. The van der Waals surface area contributed by atoms with Crippen molar-refractivity contribution in [2.75, 3.05) is 6.54 Å². The Morgan fingerprint density at radius 3 is 2.89 bits per heavy atom. The van der Waals surface area contributed by atoms with Crippen molar-refractivity contribution in [1.29, 1.82) is 0 Å². The molecule has 2 heterocycles. The van der Waals surface area contributed by atoms with Gasteiger partial charge in [-0.3, -0.25) is 4.68 Å². The molecule has 2 aromatic rings. The van der Waals surface area contributed by atoms with Crippen LogP contribution in [0.3, 0.4) is 0 Å². The highest BCUT2D eigenvalue weighted by atomic mass is 32.1. The predicted octanol–water partition coefficient (Wildman–Crippen LogP) is 1.96. The molecule has 0 amide bonds. The van der Waals surface area contributed by atoms with Crippen molar-refractivity contribution in [1.82, 2.24) is 24.7 Å². The normalized spacial score (nSPS) is 12.8. The van der Waals surface area contributed by atoms with Gasteiger partial charge in [0.1, 0.15) is 0 Å². The van der Waals surface area contributed by atoms with E-state index in [1.807, 2.05) is 12.3 Å². The smallest absolute Gasteiger partial charge is 0.0928 e. The average molecular weight is 265 g/mol. The fourth-order valence-electron chi connectivity index (χ4n) is 2.10. The molecule has 5 nitrogen and oxygen atoms in total. The summed E-state index contributed by atoms with van der Waals surface area (Å²) in [6, 6.07) is 2.36. The fraction of sp³-hybridized carbons (Fsp3) is 0.583. The number of likely N-dealkylation sites (N-methyl/N-ethyl adjacent to an activating group) is 1. The molecule has 0 aliphatic rings. The zero-order valence-corrected chi connectivity index (χ0v) is 11.9. The number of nitrogens with one attached hydrogen (secondary N) is 1. The average Bonchev–Trinajstić information content (AvgIpc) is 2.97. The lowest BCUT2D eigenvalue weighted by Crippen LogP contribution is -2.24. The Bertz CT molecular complexity index is 477. The topological polar surface area (TPSA) is 55.6 Å². The molecule has 0 bridgehead atoms. The second kappa shape index (κ2) is 6.06. The molecule has 0 radical (unpaired) electrons. The van der Waals surface area contributed by atoms with Crippen LogP contribution in [0.15, 0.2) is 11.4 Å². The summed E-state index contributed by atoms with van der Waals surface area (Å²) >= 11 is 1.40. The highest BCUT2D eigenvalue weighted by Gasteiger charge is 2.16. The van der Waals surface area contributed by atoms with Crippen LogP contribution in [0.1, 0.15) is 37.0 Å². The van der Waals surface area contributed by atoms with E-state index in [-0.39, 0.29) is 6.04 Å². The molecule has 1 N–H and O–H groups in total. The Balaban J connectivity index is 2.18. The summed E-state index contributed by atoms with van der Waals surface area (Å²) in [5, 5.41) is 14.1. The van der Waals surface area contributed by atoms with Gasteiger partial charge >= 0.3 is 0 Å². The van der Waals surface area contributed by atoms with Gasteiger partial charge in [-0.05, 0) is 38.0 Å². The summed E-state index contributed by atoms with van der Waals surface area (Å²) in [6.07, 6.45) is 0.897. The molecule has 0 saturated heterocycles. The Morgan fingerprint density at radius 2 is 2.28 bits per heavy atom. The number of aryl methyl sites for hydroxylation is 2. The van der Waals surface area contributed by atoms with E-state index in [0.717, 1.165) is 30.9 Å². The van der Waals surface area contributed by atoms with Crippen molar-refractivity contribution in [3.05, 3.63) is 28.5 Å². The molecule has 0 aliphatic heterocycles. The lowest BCUT2D eigenvalue weighted by atomic mass is 10.1. The molecule has 2 aromatic heterocycles. The molecular formula is C12H19N5S. The third kappa shape index (κ3) is 2.94. The molecule has 18 heavy (non-hydrogen) atoms. The van der Waals surface area contributed by atoms with Crippen molar-refractivity contribution < 1.29 is 0 Å². The van der Waals surface area contributed by atoms with Gasteiger partial charge in [-0.2, -0.15) is 5.10 Å². The highest BCUT2D eigenvalue weighted by Crippen LogP contribution is 2.18. The van der Waals surface area contributed by atoms with E-state index in [9.17, 15) is 0 Å². The van der Waals surface area contributed by atoms with Crippen LogP contribution in [0.5, 0.6) is 0 Å². The zero-order valence-electron chi connectivity index (χ0n) is 11.1. The maximum absolute atomic E-state index is 4.48. The van der Waals surface area contributed by atoms with Gasteiger partial charge in [0.05, 0.1) is 17.4 Å². The Kier molecular flexibility index (Phi) is 4.43. The minimum atomic E-state index is 0.218. The summed E-state index contributed by atoms with van der Waals surface area (Å²) in [7, 11) is 0. The SMILES string of the molecule is CCNC(Cc1cc(C)nn1CC)c1csnn1. The molecule has 1 atom stereocenters. The molecule has 1 unspecified atom stereocenters. The van der Waals surface area contributed by atoms with Crippen LogP contribution in [0.25, 0.3) is 0 Å². The molecule has 2 rings (SSSR count). The minimum Gasteiger partial charge on any atom is -0.309 e. The van der Waals surface area contributed by atoms with Crippen LogP contribution in [-0.4, -0.2) is 25.9 Å². The Labute approximate surface area is 111 Å². The van der Waals surface area contributed by atoms with E-state index in [1.165, 1.54) is 17.2 Å². The van der Waals surface area contributed by atoms with E-state index in [0.29, 0.717) is 0 Å². The standard InChI is InChI=1S/C12H19N5S/c1-4-13-11(12-8-18-16-14-12)7-10-6-9(3)15-17(10)5-2/h6,8,11,13H,4-5,7H2,1-3H3. The number of rotatable bonds is 6. The maximum Gasteiger partial charge on any atom is 0.0928 e. The van der Waals surface area contributed by atoms with Crippen LogP contribution in [0.2, 0.25) is 0 Å². The van der Waals surface area contributed by atoms with Crippen molar-refractivity contribution in [3.8, 4) is 0 Å². The fourth-order valence-corrected chi connectivity index (χ4v) is 2.61. The summed E-state index contributed by atoms with van der Waals surface area (Å²) < 4.78 is 6.00. The molecular weight excluding hydrogens is 246 g/mol. The van der Waals surface area contributed by atoms with E-state index in [1.54, 1.807) is 0 Å².